The van der Waals surface area contributed by atoms with Gasteiger partial charge in [0.1, 0.15) is 5.82 Å². The van der Waals surface area contributed by atoms with Crippen LogP contribution in [0.5, 0.6) is 0 Å². The van der Waals surface area contributed by atoms with Crippen molar-refractivity contribution in [3.8, 4) is 0 Å². The van der Waals surface area contributed by atoms with Crippen molar-refractivity contribution in [1.29, 1.82) is 0 Å². The van der Waals surface area contributed by atoms with Crippen LogP contribution in [-0.4, -0.2) is 32.9 Å². The molecular formula is C22H24FNO5S. The SMILES string of the molecule is CCOC(=O)C(N=O)c1ccc(Sc2cc(F)cc(C3(OC)CCOCC3)c2)cc1. The molecule has 0 aromatic heterocycles. The molecule has 8 heteroatoms. The summed E-state index contributed by atoms with van der Waals surface area (Å²) in [5.41, 5.74) is 0.690. The van der Waals surface area contributed by atoms with E-state index in [1.165, 1.54) is 23.9 Å². The van der Waals surface area contributed by atoms with Gasteiger partial charge in [0, 0.05) is 43.0 Å². The maximum Gasteiger partial charge on any atom is 0.339 e. The van der Waals surface area contributed by atoms with Gasteiger partial charge in [0.25, 0.3) is 0 Å². The predicted octanol–water partition coefficient (Wildman–Crippen LogP) is 5.00. The van der Waals surface area contributed by atoms with Gasteiger partial charge in [-0.2, -0.15) is 0 Å². The number of nitroso groups, excluding NO2 is 1. The first-order valence-corrected chi connectivity index (χ1v) is 10.5. The van der Waals surface area contributed by atoms with Crippen molar-refractivity contribution in [1.82, 2.24) is 0 Å². The first-order valence-electron chi connectivity index (χ1n) is 9.72. The molecule has 0 spiro atoms. The monoisotopic (exact) mass is 433 g/mol. The molecule has 1 aliphatic rings. The Morgan fingerprint density at radius 3 is 2.50 bits per heavy atom. The van der Waals surface area contributed by atoms with Crippen molar-refractivity contribution in [2.24, 2.45) is 5.18 Å². The van der Waals surface area contributed by atoms with Gasteiger partial charge in [0.15, 0.2) is 0 Å². The zero-order chi connectivity index (χ0) is 21.6. The smallest absolute Gasteiger partial charge is 0.339 e. The van der Waals surface area contributed by atoms with Gasteiger partial charge in [-0.1, -0.05) is 23.9 Å². The van der Waals surface area contributed by atoms with Crippen molar-refractivity contribution in [2.45, 2.75) is 41.2 Å². The molecule has 0 amide bonds. The second kappa shape index (κ2) is 10.1. The standard InChI is InChI=1S/C22H24FNO5S/c1-3-29-21(25)20(24-26)15-4-6-18(7-5-15)30-19-13-16(12-17(23)14-19)22(27-2)8-10-28-11-9-22/h4-7,12-14,20H,3,8-11H2,1-2H3. The van der Waals surface area contributed by atoms with Gasteiger partial charge in [-0.05, 0) is 53.6 Å². The van der Waals surface area contributed by atoms with E-state index >= 15 is 0 Å². The Hall–Kier alpha value is -2.29. The molecule has 0 bridgehead atoms. The molecular weight excluding hydrogens is 409 g/mol. The van der Waals surface area contributed by atoms with Gasteiger partial charge in [-0.15, -0.1) is 4.91 Å². The minimum Gasteiger partial charge on any atom is -0.464 e. The van der Waals surface area contributed by atoms with Gasteiger partial charge >= 0.3 is 5.97 Å². The lowest BCUT2D eigenvalue weighted by Gasteiger charge is -2.36. The molecule has 3 rings (SSSR count). The van der Waals surface area contributed by atoms with E-state index in [9.17, 15) is 14.1 Å². The Morgan fingerprint density at radius 2 is 1.90 bits per heavy atom. The topological polar surface area (TPSA) is 74.2 Å². The summed E-state index contributed by atoms with van der Waals surface area (Å²) in [4.78, 5) is 24.5. The number of ether oxygens (including phenoxy) is 3. The van der Waals surface area contributed by atoms with Gasteiger partial charge < -0.3 is 14.2 Å². The largest absolute Gasteiger partial charge is 0.464 e. The minimum absolute atomic E-state index is 0.176. The molecule has 6 nitrogen and oxygen atoms in total. The Balaban J connectivity index is 1.80. The van der Waals surface area contributed by atoms with E-state index in [1.54, 1.807) is 38.3 Å². The third-order valence-corrected chi connectivity index (χ3v) is 6.11. The lowest BCUT2D eigenvalue weighted by Crippen LogP contribution is -2.35. The van der Waals surface area contributed by atoms with Crippen LogP contribution in [0.25, 0.3) is 0 Å². The summed E-state index contributed by atoms with van der Waals surface area (Å²) in [5.74, 6) is -1.01. The van der Waals surface area contributed by atoms with Gasteiger partial charge in [0.2, 0.25) is 6.04 Å². The fourth-order valence-electron chi connectivity index (χ4n) is 3.51. The second-order valence-electron chi connectivity index (χ2n) is 6.92. The number of carbonyl (C=O) groups is 1. The summed E-state index contributed by atoms with van der Waals surface area (Å²) >= 11 is 1.38. The highest BCUT2D eigenvalue weighted by molar-refractivity contribution is 7.99. The van der Waals surface area contributed by atoms with Crippen molar-refractivity contribution in [2.75, 3.05) is 26.9 Å². The third kappa shape index (κ3) is 5.06. The van der Waals surface area contributed by atoms with Gasteiger partial charge in [-0.25, -0.2) is 9.18 Å². The van der Waals surface area contributed by atoms with E-state index in [-0.39, 0.29) is 12.4 Å². The van der Waals surface area contributed by atoms with Crippen LogP contribution >= 0.6 is 11.8 Å². The molecule has 1 aliphatic heterocycles. The van der Waals surface area contributed by atoms with E-state index in [0.29, 0.717) is 31.6 Å². The minimum atomic E-state index is -1.19. The number of nitrogens with zero attached hydrogens (tertiary/aromatic N) is 1. The number of esters is 1. The van der Waals surface area contributed by atoms with E-state index in [0.717, 1.165) is 15.4 Å². The summed E-state index contributed by atoms with van der Waals surface area (Å²) in [6.45, 7) is 2.98. The summed E-state index contributed by atoms with van der Waals surface area (Å²) in [6.07, 6.45) is 1.33. The number of hydrogen-bond acceptors (Lipinski definition) is 7. The number of hydrogen-bond donors (Lipinski definition) is 0. The van der Waals surface area contributed by atoms with Gasteiger partial charge in [-0.3, -0.25) is 0 Å². The summed E-state index contributed by atoms with van der Waals surface area (Å²) in [5, 5.41) is 2.88. The van der Waals surface area contributed by atoms with Crippen molar-refractivity contribution in [3.63, 3.8) is 0 Å². The molecule has 1 fully saturated rings. The van der Waals surface area contributed by atoms with Crippen LogP contribution in [0.3, 0.4) is 0 Å². The zero-order valence-corrected chi connectivity index (χ0v) is 17.7. The molecule has 0 saturated carbocycles. The van der Waals surface area contributed by atoms with E-state index in [4.69, 9.17) is 14.2 Å². The first kappa shape index (κ1) is 22.4. The van der Waals surface area contributed by atoms with Gasteiger partial charge in [0.05, 0.1) is 12.2 Å². The maximum atomic E-state index is 14.4. The zero-order valence-electron chi connectivity index (χ0n) is 16.9. The molecule has 30 heavy (non-hydrogen) atoms. The summed E-state index contributed by atoms with van der Waals surface area (Å²) in [6, 6.07) is 10.6. The quantitative estimate of drug-likeness (QED) is 0.431. The molecule has 1 unspecified atom stereocenters. The Labute approximate surface area is 179 Å². The first-order chi connectivity index (χ1) is 14.5. The normalized spacial score (nSPS) is 16.6. The highest BCUT2D eigenvalue weighted by atomic mass is 32.2. The molecule has 1 saturated heterocycles. The van der Waals surface area contributed by atoms with E-state index in [1.807, 2.05) is 6.07 Å². The maximum absolute atomic E-state index is 14.4. The number of benzene rings is 2. The van der Waals surface area contributed by atoms with Crippen LogP contribution in [0.4, 0.5) is 4.39 Å². The number of rotatable bonds is 8. The Bertz CT molecular complexity index is 884. The molecule has 1 atom stereocenters. The average Bonchev–Trinajstić information content (AvgIpc) is 2.76. The second-order valence-corrected chi connectivity index (χ2v) is 8.06. The van der Waals surface area contributed by atoms with Crippen LogP contribution in [0.2, 0.25) is 0 Å². The van der Waals surface area contributed by atoms with Crippen molar-refractivity contribution >= 4 is 17.7 Å². The van der Waals surface area contributed by atoms with Crippen LogP contribution in [0, 0.1) is 10.7 Å². The lowest BCUT2D eigenvalue weighted by molar-refractivity contribution is -0.144. The molecule has 1 heterocycles. The number of halogens is 1. The van der Waals surface area contributed by atoms with E-state index in [2.05, 4.69) is 5.18 Å². The molecule has 160 valence electrons. The summed E-state index contributed by atoms with van der Waals surface area (Å²) in [7, 11) is 1.64. The molecule has 2 aromatic rings. The number of carbonyl (C=O) groups excluding carboxylic acids is 1. The lowest BCUT2D eigenvalue weighted by atomic mass is 9.86. The fourth-order valence-corrected chi connectivity index (χ4v) is 4.41. The highest BCUT2D eigenvalue weighted by Gasteiger charge is 2.35. The van der Waals surface area contributed by atoms with Crippen molar-refractivity contribution < 1.29 is 23.4 Å². The van der Waals surface area contributed by atoms with Crippen LogP contribution in [-0.2, 0) is 24.6 Å². The van der Waals surface area contributed by atoms with E-state index < -0.39 is 17.6 Å². The third-order valence-electron chi connectivity index (χ3n) is 5.14. The number of methoxy groups -OCH3 is 1. The summed E-state index contributed by atoms with van der Waals surface area (Å²) < 4.78 is 30.5. The van der Waals surface area contributed by atoms with Crippen LogP contribution in [0.15, 0.2) is 57.4 Å². The van der Waals surface area contributed by atoms with Crippen LogP contribution in [0.1, 0.15) is 36.9 Å². The highest BCUT2D eigenvalue weighted by Crippen LogP contribution is 2.39. The molecule has 2 aromatic carbocycles. The molecule has 0 N–H and O–H groups in total. The Kier molecular flexibility index (Phi) is 7.58. The predicted molar refractivity (Wildman–Crippen MR) is 111 cm³/mol. The molecule has 0 aliphatic carbocycles. The fraction of sp³-hybridized carbons (Fsp3) is 0.409. The average molecular weight is 434 g/mol. The van der Waals surface area contributed by atoms with Crippen LogP contribution < -0.4 is 0 Å². The van der Waals surface area contributed by atoms with Crippen molar-refractivity contribution in [3.05, 3.63) is 64.3 Å². The molecule has 0 radical (unpaired) electrons. The Morgan fingerprint density at radius 1 is 1.20 bits per heavy atom.